The van der Waals surface area contributed by atoms with E-state index >= 15 is 0 Å². The van der Waals surface area contributed by atoms with E-state index in [1.807, 2.05) is 0 Å². The number of hydrogen-bond acceptors (Lipinski definition) is 6. The Balaban J connectivity index is 2.67. The SMILES string of the molecule is CCCCCO[C@H]1O[C@H](CO)[C@@H](OC)[C@H](OC)[C@@H]1OC. The molecule has 6 heteroatoms. The quantitative estimate of drug-likeness (QED) is 0.638. The van der Waals surface area contributed by atoms with Crippen LogP contribution >= 0.6 is 0 Å². The molecule has 0 bridgehead atoms. The van der Waals surface area contributed by atoms with E-state index in [9.17, 15) is 5.11 Å². The van der Waals surface area contributed by atoms with E-state index in [0.717, 1.165) is 19.3 Å². The first kappa shape index (κ1) is 17.8. The van der Waals surface area contributed by atoms with Gasteiger partial charge in [-0.25, -0.2) is 0 Å². The van der Waals surface area contributed by atoms with E-state index in [4.69, 9.17) is 23.7 Å². The number of hydrogen-bond donors (Lipinski definition) is 1. The largest absolute Gasteiger partial charge is 0.394 e. The summed E-state index contributed by atoms with van der Waals surface area (Å²) in [4.78, 5) is 0. The molecule has 1 saturated heterocycles. The molecule has 1 N–H and O–H groups in total. The van der Waals surface area contributed by atoms with Crippen molar-refractivity contribution in [2.24, 2.45) is 0 Å². The van der Waals surface area contributed by atoms with Crippen molar-refractivity contribution in [1.29, 1.82) is 0 Å². The number of unbranched alkanes of at least 4 members (excludes halogenated alkanes) is 2. The Kier molecular flexibility index (Phi) is 8.60. The van der Waals surface area contributed by atoms with Gasteiger partial charge in [-0.1, -0.05) is 19.8 Å². The average molecular weight is 292 g/mol. The Hall–Kier alpha value is -0.240. The maximum absolute atomic E-state index is 9.44. The van der Waals surface area contributed by atoms with Crippen LogP contribution < -0.4 is 0 Å². The third-order valence-electron chi connectivity index (χ3n) is 3.62. The Morgan fingerprint density at radius 2 is 1.60 bits per heavy atom. The topological polar surface area (TPSA) is 66.4 Å². The molecule has 1 aliphatic rings. The lowest BCUT2D eigenvalue weighted by molar-refractivity contribution is -0.312. The van der Waals surface area contributed by atoms with Crippen LogP contribution in [0.1, 0.15) is 26.2 Å². The zero-order valence-corrected chi connectivity index (χ0v) is 12.9. The first-order valence-electron chi connectivity index (χ1n) is 7.19. The number of ether oxygens (including phenoxy) is 5. The predicted molar refractivity (Wildman–Crippen MR) is 73.6 cm³/mol. The Morgan fingerprint density at radius 3 is 2.10 bits per heavy atom. The van der Waals surface area contributed by atoms with Crippen molar-refractivity contribution in [3.8, 4) is 0 Å². The van der Waals surface area contributed by atoms with Gasteiger partial charge in [-0.2, -0.15) is 0 Å². The summed E-state index contributed by atoms with van der Waals surface area (Å²) in [5, 5.41) is 9.44. The average Bonchev–Trinajstić information content (AvgIpc) is 2.49. The van der Waals surface area contributed by atoms with Crippen molar-refractivity contribution in [3.05, 3.63) is 0 Å². The number of aliphatic hydroxyl groups excluding tert-OH is 1. The highest BCUT2D eigenvalue weighted by molar-refractivity contribution is 4.92. The second kappa shape index (κ2) is 9.65. The number of rotatable bonds is 9. The smallest absolute Gasteiger partial charge is 0.186 e. The molecular formula is C14H28O6. The van der Waals surface area contributed by atoms with Gasteiger partial charge in [0.15, 0.2) is 6.29 Å². The molecule has 1 fully saturated rings. The second-order valence-electron chi connectivity index (χ2n) is 4.90. The molecule has 120 valence electrons. The van der Waals surface area contributed by atoms with Crippen molar-refractivity contribution in [2.75, 3.05) is 34.5 Å². The maximum atomic E-state index is 9.44. The molecular weight excluding hydrogens is 264 g/mol. The van der Waals surface area contributed by atoms with Gasteiger partial charge in [-0.15, -0.1) is 0 Å². The maximum Gasteiger partial charge on any atom is 0.186 e. The van der Waals surface area contributed by atoms with E-state index in [1.54, 1.807) is 21.3 Å². The highest BCUT2D eigenvalue weighted by atomic mass is 16.7. The van der Waals surface area contributed by atoms with Crippen LogP contribution in [0.3, 0.4) is 0 Å². The number of methoxy groups -OCH3 is 3. The molecule has 5 atom stereocenters. The Labute approximate surface area is 121 Å². The van der Waals surface area contributed by atoms with E-state index < -0.39 is 12.4 Å². The molecule has 0 radical (unpaired) electrons. The van der Waals surface area contributed by atoms with E-state index in [1.165, 1.54) is 0 Å². The fraction of sp³-hybridized carbons (Fsp3) is 1.00. The van der Waals surface area contributed by atoms with Gasteiger partial charge >= 0.3 is 0 Å². The van der Waals surface area contributed by atoms with Gasteiger partial charge in [0.25, 0.3) is 0 Å². The molecule has 1 heterocycles. The summed E-state index contributed by atoms with van der Waals surface area (Å²) in [5.41, 5.74) is 0. The molecule has 20 heavy (non-hydrogen) atoms. The summed E-state index contributed by atoms with van der Waals surface area (Å²) in [5.74, 6) is 0. The van der Waals surface area contributed by atoms with E-state index in [2.05, 4.69) is 6.92 Å². The minimum atomic E-state index is -0.551. The van der Waals surface area contributed by atoms with Crippen molar-refractivity contribution in [1.82, 2.24) is 0 Å². The lowest BCUT2D eigenvalue weighted by Gasteiger charge is -2.44. The van der Waals surface area contributed by atoms with Gasteiger partial charge in [-0.3, -0.25) is 0 Å². The van der Waals surface area contributed by atoms with Gasteiger partial charge in [0.05, 0.1) is 6.61 Å². The molecule has 0 unspecified atom stereocenters. The summed E-state index contributed by atoms with van der Waals surface area (Å²) >= 11 is 0. The monoisotopic (exact) mass is 292 g/mol. The predicted octanol–water partition coefficient (Wildman–Crippen LogP) is 0.955. The molecule has 0 aromatic heterocycles. The lowest BCUT2D eigenvalue weighted by Crippen LogP contribution is -2.61. The highest BCUT2D eigenvalue weighted by Gasteiger charge is 2.47. The van der Waals surface area contributed by atoms with Gasteiger partial charge in [0.2, 0.25) is 0 Å². The second-order valence-corrected chi connectivity index (χ2v) is 4.90. The summed E-state index contributed by atoms with van der Waals surface area (Å²) in [6, 6.07) is 0. The molecule has 0 spiro atoms. The fourth-order valence-electron chi connectivity index (χ4n) is 2.51. The van der Waals surface area contributed by atoms with E-state index in [0.29, 0.717) is 6.61 Å². The standard InChI is InChI=1S/C14H28O6/c1-5-6-7-8-19-14-13(18-4)12(17-3)11(16-2)10(9-15)20-14/h10-15H,5-9H2,1-4H3/t10-,11-,12+,13+,14+/m1/s1. The van der Waals surface area contributed by atoms with Crippen LogP contribution in [0.4, 0.5) is 0 Å². The summed E-state index contributed by atoms with van der Waals surface area (Å²) in [7, 11) is 4.75. The van der Waals surface area contributed by atoms with E-state index in [-0.39, 0.29) is 24.9 Å². The van der Waals surface area contributed by atoms with Crippen molar-refractivity contribution >= 4 is 0 Å². The van der Waals surface area contributed by atoms with Crippen molar-refractivity contribution in [2.45, 2.75) is 56.9 Å². The van der Waals surface area contributed by atoms with Crippen LogP contribution in [0.15, 0.2) is 0 Å². The Morgan fingerprint density at radius 1 is 0.950 bits per heavy atom. The first-order chi connectivity index (χ1) is 9.73. The fourth-order valence-corrected chi connectivity index (χ4v) is 2.51. The third kappa shape index (κ3) is 4.38. The summed E-state index contributed by atoms with van der Waals surface area (Å²) < 4.78 is 27.8. The molecule has 0 amide bonds. The molecule has 6 nitrogen and oxygen atoms in total. The highest BCUT2D eigenvalue weighted by Crippen LogP contribution is 2.27. The molecule has 1 rings (SSSR count). The van der Waals surface area contributed by atoms with Gasteiger partial charge in [-0.05, 0) is 6.42 Å². The molecule has 0 aromatic rings. The minimum absolute atomic E-state index is 0.149. The minimum Gasteiger partial charge on any atom is -0.394 e. The summed E-state index contributed by atoms with van der Waals surface area (Å²) in [6.07, 6.45) is 1.09. The Bertz CT molecular complexity index is 250. The van der Waals surface area contributed by atoms with Gasteiger partial charge in [0, 0.05) is 27.9 Å². The zero-order chi connectivity index (χ0) is 15.0. The van der Waals surface area contributed by atoms with Crippen LogP contribution in [0.5, 0.6) is 0 Å². The molecule has 0 saturated carbocycles. The van der Waals surface area contributed by atoms with Crippen LogP contribution in [0.2, 0.25) is 0 Å². The van der Waals surface area contributed by atoms with Crippen molar-refractivity contribution in [3.63, 3.8) is 0 Å². The summed E-state index contributed by atoms with van der Waals surface area (Å²) in [6.45, 7) is 2.59. The molecule has 0 aliphatic carbocycles. The van der Waals surface area contributed by atoms with Crippen LogP contribution in [0.25, 0.3) is 0 Å². The van der Waals surface area contributed by atoms with Crippen molar-refractivity contribution < 1.29 is 28.8 Å². The first-order valence-corrected chi connectivity index (χ1v) is 7.19. The zero-order valence-electron chi connectivity index (χ0n) is 12.9. The van der Waals surface area contributed by atoms with Gasteiger partial charge in [0.1, 0.15) is 24.4 Å². The lowest BCUT2D eigenvalue weighted by atomic mass is 9.98. The molecule has 1 aliphatic heterocycles. The normalized spacial score (nSPS) is 34.4. The van der Waals surface area contributed by atoms with Crippen LogP contribution in [0, 0.1) is 0 Å². The van der Waals surface area contributed by atoms with Crippen LogP contribution in [-0.2, 0) is 23.7 Å². The molecule has 0 aromatic carbocycles. The number of aliphatic hydroxyl groups is 1. The van der Waals surface area contributed by atoms with Crippen LogP contribution in [-0.4, -0.2) is 70.4 Å². The third-order valence-corrected chi connectivity index (χ3v) is 3.62. The van der Waals surface area contributed by atoms with Gasteiger partial charge < -0.3 is 28.8 Å².